The van der Waals surface area contributed by atoms with Gasteiger partial charge in [-0.15, -0.1) is 0 Å². The number of hydrogen-bond donors (Lipinski definition) is 2. The van der Waals surface area contributed by atoms with Crippen molar-refractivity contribution in [2.75, 3.05) is 18.0 Å². The van der Waals surface area contributed by atoms with E-state index >= 15 is 0 Å². The highest BCUT2D eigenvalue weighted by molar-refractivity contribution is 5.87. The van der Waals surface area contributed by atoms with Crippen molar-refractivity contribution in [3.8, 4) is 0 Å². The molecule has 0 saturated carbocycles. The highest BCUT2D eigenvalue weighted by Gasteiger charge is 2.30. The van der Waals surface area contributed by atoms with Gasteiger partial charge in [-0.2, -0.15) is 0 Å². The second-order valence-electron chi connectivity index (χ2n) is 4.41. The first-order valence-corrected chi connectivity index (χ1v) is 6.09. The second kappa shape index (κ2) is 5.69. The van der Waals surface area contributed by atoms with E-state index in [4.69, 9.17) is 5.11 Å². The van der Waals surface area contributed by atoms with Gasteiger partial charge in [-0.3, -0.25) is 9.59 Å². The van der Waals surface area contributed by atoms with Crippen molar-refractivity contribution < 1.29 is 19.1 Å². The van der Waals surface area contributed by atoms with Gasteiger partial charge in [0.05, 0.1) is 0 Å². The fraction of sp³-hybridized carbons (Fsp3) is 0.385. The lowest BCUT2D eigenvalue weighted by molar-refractivity contribution is -0.137. The number of benzene rings is 1. The molecule has 1 aromatic rings. The van der Waals surface area contributed by atoms with Crippen molar-refractivity contribution in [1.82, 2.24) is 5.32 Å². The predicted molar refractivity (Wildman–Crippen MR) is 67.4 cm³/mol. The van der Waals surface area contributed by atoms with Crippen molar-refractivity contribution >= 4 is 17.6 Å². The van der Waals surface area contributed by atoms with E-state index < -0.39 is 12.0 Å². The maximum Gasteiger partial charge on any atom is 0.303 e. The van der Waals surface area contributed by atoms with Gasteiger partial charge >= 0.3 is 5.97 Å². The Bertz CT molecular complexity index is 475. The largest absolute Gasteiger partial charge is 0.481 e. The monoisotopic (exact) mass is 266 g/mol. The number of carbonyl (C=O) groups excluding carboxylic acids is 1. The molecule has 1 aliphatic heterocycles. The molecule has 0 bridgehead atoms. The Hall–Kier alpha value is -2.11. The van der Waals surface area contributed by atoms with Gasteiger partial charge in [0, 0.05) is 25.2 Å². The Morgan fingerprint density at radius 2 is 2.11 bits per heavy atom. The number of nitrogens with zero attached hydrogens (tertiary/aromatic N) is 1. The van der Waals surface area contributed by atoms with E-state index in [0.29, 0.717) is 13.1 Å². The van der Waals surface area contributed by atoms with Crippen molar-refractivity contribution in [3.63, 3.8) is 0 Å². The first-order valence-electron chi connectivity index (χ1n) is 6.09. The molecule has 6 heteroatoms. The van der Waals surface area contributed by atoms with Crippen molar-refractivity contribution in [2.24, 2.45) is 0 Å². The van der Waals surface area contributed by atoms with Crippen LogP contribution in [-0.4, -0.2) is 36.1 Å². The summed E-state index contributed by atoms with van der Waals surface area (Å²) >= 11 is 0. The maximum atomic E-state index is 12.9. The molecule has 1 amide bonds. The number of aliphatic carboxylic acids is 1. The zero-order chi connectivity index (χ0) is 13.8. The minimum Gasteiger partial charge on any atom is -0.481 e. The van der Waals surface area contributed by atoms with Crippen molar-refractivity contribution in [1.29, 1.82) is 0 Å². The number of carbonyl (C=O) groups is 2. The van der Waals surface area contributed by atoms with E-state index in [-0.39, 0.29) is 24.6 Å². The molecule has 1 saturated heterocycles. The maximum absolute atomic E-state index is 12.9. The van der Waals surface area contributed by atoms with Gasteiger partial charge in [0.25, 0.3) is 0 Å². The van der Waals surface area contributed by atoms with E-state index in [9.17, 15) is 14.0 Å². The minimum absolute atomic E-state index is 0.0736. The number of carboxylic acids is 1. The zero-order valence-corrected chi connectivity index (χ0v) is 10.3. The van der Waals surface area contributed by atoms with Crippen LogP contribution in [0.15, 0.2) is 24.3 Å². The van der Waals surface area contributed by atoms with E-state index in [2.05, 4.69) is 5.32 Å². The lowest BCUT2D eigenvalue weighted by Gasteiger charge is -2.36. The number of amides is 1. The van der Waals surface area contributed by atoms with Crippen LogP contribution in [0, 0.1) is 5.82 Å². The first kappa shape index (κ1) is 13.3. The van der Waals surface area contributed by atoms with Crippen LogP contribution < -0.4 is 10.2 Å². The van der Waals surface area contributed by atoms with Crippen LogP contribution in [0.2, 0.25) is 0 Å². The number of anilines is 1. The quantitative estimate of drug-likeness (QED) is 0.853. The zero-order valence-electron chi connectivity index (χ0n) is 10.3. The number of nitrogens with one attached hydrogen (secondary N) is 1. The van der Waals surface area contributed by atoms with Crippen LogP contribution in [0.1, 0.15) is 12.8 Å². The summed E-state index contributed by atoms with van der Waals surface area (Å²) in [5.41, 5.74) is 0.728. The lowest BCUT2D eigenvalue weighted by atomic mass is 10.1. The molecule has 1 aliphatic rings. The molecule has 0 radical (unpaired) electrons. The Morgan fingerprint density at radius 3 is 2.74 bits per heavy atom. The van der Waals surface area contributed by atoms with Gasteiger partial charge in [0.15, 0.2) is 0 Å². The average Bonchev–Trinajstić information content (AvgIpc) is 2.38. The molecule has 102 valence electrons. The number of hydrogen-bond acceptors (Lipinski definition) is 3. The fourth-order valence-corrected chi connectivity index (χ4v) is 2.20. The third kappa shape index (κ3) is 3.21. The number of rotatable bonds is 4. The lowest BCUT2D eigenvalue weighted by Crippen LogP contribution is -2.55. The Labute approximate surface area is 110 Å². The summed E-state index contributed by atoms with van der Waals surface area (Å²) in [6.45, 7) is 1.08. The van der Waals surface area contributed by atoms with Crippen LogP contribution in [-0.2, 0) is 9.59 Å². The van der Waals surface area contributed by atoms with Gasteiger partial charge in [0.1, 0.15) is 11.9 Å². The molecular weight excluding hydrogens is 251 g/mol. The van der Waals surface area contributed by atoms with Crippen LogP contribution in [0.25, 0.3) is 0 Å². The highest BCUT2D eigenvalue weighted by atomic mass is 19.1. The average molecular weight is 266 g/mol. The molecule has 0 aromatic heterocycles. The van der Waals surface area contributed by atoms with Gasteiger partial charge < -0.3 is 15.3 Å². The molecule has 1 atom stereocenters. The van der Waals surface area contributed by atoms with E-state index in [1.54, 1.807) is 12.1 Å². The van der Waals surface area contributed by atoms with Gasteiger partial charge in [-0.25, -0.2) is 4.39 Å². The van der Waals surface area contributed by atoms with Gasteiger partial charge in [-0.05, 0) is 30.7 Å². The molecule has 2 N–H and O–H groups in total. The summed E-state index contributed by atoms with van der Waals surface area (Å²) in [6.07, 6.45) is 0.161. The Kier molecular flexibility index (Phi) is 3.99. The number of halogens is 1. The van der Waals surface area contributed by atoms with E-state index in [0.717, 1.165) is 5.69 Å². The number of piperazine rings is 1. The van der Waals surface area contributed by atoms with Crippen LogP contribution in [0.5, 0.6) is 0 Å². The fourth-order valence-electron chi connectivity index (χ4n) is 2.20. The molecule has 2 rings (SSSR count). The molecule has 5 nitrogen and oxygen atoms in total. The second-order valence-corrected chi connectivity index (χ2v) is 4.41. The molecular formula is C13H15FN2O3. The molecule has 1 unspecified atom stereocenters. The minimum atomic E-state index is -0.933. The van der Waals surface area contributed by atoms with Gasteiger partial charge in [-0.1, -0.05) is 0 Å². The van der Waals surface area contributed by atoms with Crippen LogP contribution >= 0.6 is 0 Å². The third-order valence-electron chi connectivity index (χ3n) is 3.12. The SMILES string of the molecule is O=C(O)CCC1C(=O)NCCN1c1ccc(F)cc1. The van der Waals surface area contributed by atoms with Crippen molar-refractivity contribution in [2.45, 2.75) is 18.9 Å². The molecule has 19 heavy (non-hydrogen) atoms. The van der Waals surface area contributed by atoms with Crippen LogP contribution in [0.3, 0.4) is 0 Å². The third-order valence-corrected chi connectivity index (χ3v) is 3.12. The van der Waals surface area contributed by atoms with Crippen molar-refractivity contribution in [3.05, 3.63) is 30.1 Å². The molecule has 1 fully saturated rings. The summed E-state index contributed by atoms with van der Waals surface area (Å²) in [6, 6.07) is 5.34. The number of carboxylic acid groups (broad SMARTS) is 1. The van der Waals surface area contributed by atoms with Gasteiger partial charge in [0.2, 0.25) is 5.91 Å². The van der Waals surface area contributed by atoms with E-state index in [1.165, 1.54) is 12.1 Å². The normalized spacial score (nSPS) is 19.1. The summed E-state index contributed by atoms with van der Waals surface area (Å²) in [4.78, 5) is 24.3. The highest BCUT2D eigenvalue weighted by Crippen LogP contribution is 2.21. The first-order chi connectivity index (χ1) is 9.08. The standard InChI is InChI=1S/C13H15FN2O3/c14-9-1-3-10(4-2-9)16-8-7-15-13(19)11(16)5-6-12(17)18/h1-4,11H,5-8H2,(H,15,19)(H,17,18). The molecule has 0 spiro atoms. The smallest absolute Gasteiger partial charge is 0.303 e. The summed E-state index contributed by atoms with van der Waals surface area (Å²) < 4.78 is 12.9. The summed E-state index contributed by atoms with van der Waals surface area (Å²) in [7, 11) is 0. The molecule has 1 aromatic carbocycles. The Morgan fingerprint density at radius 1 is 1.42 bits per heavy atom. The summed E-state index contributed by atoms with van der Waals surface area (Å²) in [5, 5.41) is 11.4. The summed E-state index contributed by atoms with van der Waals surface area (Å²) in [5.74, 6) is -1.46. The topological polar surface area (TPSA) is 69.6 Å². The molecule has 0 aliphatic carbocycles. The molecule has 1 heterocycles. The predicted octanol–water partition coefficient (Wildman–Crippen LogP) is 0.995. The van der Waals surface area contributed by atoms with Crippen LogP contribution in [0.4, 0.5) is 10.1 Å². The Balaban J connectivity index is 2.17. The van der Waals surface area contributed by atoms with E-state index in [1.807, 2.05) is 4.90 Å².